The Kier molecular flexibility index (Phi) is 6.01. The van der Waals surface area contributed by atoms with Crippen molar-refractivity contribution in [2.24, 2.45) is 5.92 Å². The topological polar surface area (TPSA) is 26.3 Å². The van der Waals surface area contributed by atoms with Crippen LogP contribution in [0.3, 0.4) is 0 Å². The highest BCUT2D eigenvalue weighted by Crippen LogP contribution is 2.20. The number of halogens is 1. The fourth-order valence-corrected chi connectivity index (χ4v) is 2.63. The lowest BCUT2D eigenvalue weighted by Crippen LogP contribution is -2.06. The maximum atomic E-state index is 12.8. The third-order valence-electron chi connectivity index (χ3n) is 3.10. The Balaban J connectivity index is 1.77. The molecule has 0 aromatic heterocycles. The van der Waals surface area contributed by atoms with Gasteiger partial charge in [0.15, 0.2) is 5.78 Å². The lowest BCUT2D eigenvalue weighted by Gasteiger charge is -2.07. The van der Waals surface area contributed by atoms with Crippen molar-refractivity contribution in [2.75, 3.05) is 12.4 Å². The normalized spacial score (nSPS) is 10.7. The van der Waals surface area contributed by atoms with Crippen LogP contribution in [0.5, 0.6) is 5.75 Å². The van der Waals surface area contributed by atoms with Gasteiger partial charge in [0.2, 0.25) is 0 Å². The lowest BCUT2D eigenvalue weighted by molar-refractivity contribution is 0.0939. The summed E-state index contributed by atoms with van der Waals surface area (Å²) in [6, 6.07) is 13.6. The van der Waals surface area contributed by atoms with Crippen molar-refractivity contribution in [3.8, 4) is 5.75 Å². The van der Waals surface area contributed by atoms with E-state index in [4.69, 9.17) is 4.74 Å². The van der Waals surface area contributed by atoms with Gasteiger partial charge in [0.1, 0.15) is 11.6 Å². The summed E-state index contributed by atoms with van der Waals surface area (Å²) in [5.41, 5.74) is 0.752. The molecule has 0 atom stereocenters. The molecular weight excluding hydrogens is 299 g/mol. The van der Waals surface area contributed by atoms with Gasteiger partial charge in [0.25, 0.3) is 0 Å². The van der Waals surface area contributed by atoms with E-state index in [0.717, 1.165) is 16.2 Å². The second kappa shape index (κ2) is 7.99. The van der Waals surface area contributed by atoms with Gasteiger partial charge in [-0.25, -0.2) is 4.39 Å². The molecule has 4 heteroatoms. The standard InChI is InChI=1S/C18H19FO2S/c1-13(2)18(20)14-3-9-17(10-4-14)22-12-11-21-16-7-5-15(19)6-8-16/h3-10,13H,11-12H2,1-2H3. The number of thioether (sulfide) groups is 1. The van der Waals surface area contributed by atoms with Gasteiger partial charge < -0.3 is 4.74 Å². The van der Waals surface area contributed by atoms with Crippen LogP contribution < -0.4 is 4.74 Å². The number of carbonyl (C=O) groups is 1. The van der Waals surface area contributed by atoms with E-state index in [2.05, 4.69) is 0 Å². The average molecular weight is 318 g/mol. The number of benzene rings is 2. The van der Waals surface area contributed by atoms with Crippen LogP contribution in [0.2, 0.25) is 0 Å². The molecule has 0 aliphatic rings. The van der Waals surface area contributed by atoms with Crippen LogP contribution >= 0.6 is 11.8 Å². The number of Topliss-reactive ketones (excluding diaryl/α,β-unsaturated/α-hetero) is 1. The minimum Gasteiger partial charge on any atom is -0.493 e. The maximum absolute atomic E-state index is 12.8. The van der Waals surface area contributed by atoms with Crippen LogP contribution in [0.1, 0.15) is 24.2 Å². The second-order valence-electron chi connectivity index (χ2n) is 5.19. The molecule has 2 aromatic carbocycles. The molecule has 2 rings (SSSR count). The Morgan fingerprint density at radius 3 is 2.32 bits per heavy atom. The van der Waals surface area contributed by atoms with Crippen molar-refractivity contribution in [3.05, 3.63) is 59.9 Å². The molecule has 0 saturated heterocycles. The highest BCUT2D eigenvalue weighted by molar-refractivity contribution is 7.99. The monoisotopic (exact) mass is 318 g/mol. The Morgan fingerprint density at radius 2 is 1.73 bits per heavy atom. The van der Waals surface area contributed by atoms with E-state index in [1.54, 1.807) is 23.9 Å². The van der Waals surface area contributed by atoms with Crippen molar-refractivity contribution in [1.82, 2.24) is 0 Å². The number of rotatable bonds is 7. The van der Waals surface area contributed by atoms with E-state index in [1.165, 1.54) is 12.1 Å². The first-order valence-electron chi connectivity index (χ1n) is 7.21. The molecule has 22 heavy (non-hydrogen) atoms. The number of ketones is 1. The summed E-state index contributed by atoms with van der Waals surface area (Å²) < 4.78 is 18.3. The van der Waals surface area contributed by atoms with E-state index >= 15 is 0 Å². The SMILES string of the molecule is CC(C)C(=O)c1ccc(SCCOc2ccc(F)cc2)cc1. The highest BCUT2D eigenvalue weighted by Gasteiger charge is 2.09. The van der Waals surface area contributed by atoms with Crippen LogP contribution in [-0.2, 0) is 0 Å². The van der Waals surface area contributed by atoms with Crippen molar-refractivity contribution < 1.29 is 13.9 Å². The molecule has 116 valence electrons. The third-order valence-corrected chi connectivity index (χ3v) is 4.07. The second-order valence-corrected chi connectivity index (χ2v) is 6.36. The molecule has 0 radical (unpaired) electrons. The van der Waals surface area contributed by atoms with Crippen molar-refractivity contribution in [2.45, 2.75) is 18.7 Å². The molecule has 0 saturated carbocycles. The molecule has 0 aliphatic heterocycles. The molecule has 0 N–H and O–H groups in total. The Bertz CT molecular complexity index is 606. The number of carbonyl (C=O) groups excluding carboxylic acids is 1. The van der Waals surface area contributed by atoms with E-state index in [-0.39, 0.29) is 17.5 Å². The van der Waals surface area contributed by atoms with Crippen LogP contribution in [0.25, 0.3) is 0 Å². The number of ether oxygens (including phenoxy) is 1. The van der Waals surface area contributed by atoms with Crippen LogP contribution in [0, 0.1) is 11.7 Å². The predicted octanol–water partition coefficient (Wildman–Crippen LogP) is 4.84. The fourth-order valence-electron chi connectivity index (χ4n) is 1.90. The smallest absolute Gasteiger partial charge is 0.165 e. The Labute approximate surface area is 134 Å². The van der Waals surface area contributed by atoms with Gasteiger partial charge in [-0.2, -0.15) is 0 Å². The molecule has 2 nitrogen and oxygen atoms in total. The van der Waals surface area contributed by atoms with Crippen molar-refractivity contribution >= 4 is 17.5 Å². The fraction of sp³-hybridized carbons (Fsp3) is 0.278. The summed E-state index contributed by atoms with van der Waals surface area (Å²) in [4.78, 5) is 12.9. The van der Waals surface area contributed by atoms with E-state index < -0.39 is 0 Å². The van der Waals surface area contributed by atoms with Crippen LogP contribution in [0.4, 0.5) is 4.39 Å². The van der Waals surface area contributed by atoms with Gasteiger partial charge in [-0.3, -0.25) is 4.79 Å². The summed E-state index contributed by atoms with van der Waals surface area (Å²) in [5.74, 6) is 1.37. The molecule has 0 heterocycles. The quantitative estimate of drug-likeness (QED) is 0.415. The molecule has 0 amide bonds. The van der Waals surface area contributed by atoms with Crippen molar-refractivity contribution in [3.63, 3.8) is 0 Å². The number of hydrogen-bond donors (Lipinski definition) is 0. The van der Waals surface area contributed by atoms with Gasteiger partial charge in [0, 0.05) is 22.1 Å². The minimum atomic E-state index is -0.266. The molecule has 0 spiro atoms. The zero-order valence-corrected chi connectivity index (χ0v) is 13.5. The minimum absolute atomic E-state index is 0.0163. The first-order chi connectivity index (χ1) is 10.6. The van der Waals surface area contributed by atoms with Crippen molar-refractivity contribution in [1.29, 1.82) is 0 Å². The highest BCUT2D eigenvalue weighted by atomic mass is 32.2. The number of hydrogen-bond acceptors (Lipinski definition) is 3. The summed E-state index contributed by atoms with van der Waals surface area (Å²) in [6.07, 6.45) is 0. The van der Waals surface area contributed by atoms with Gasteiger partial charge >= 0.3 is 0 Å². The van der Waals surface area contributed by atoms with Gasteiger partial charge in [-0.05, 0) is 36.4 Å². The Hall–Kier alpha value is -1.81. The third kappa shape index (κ3) is 4.88. The summed E-state index contributed by atoms with van der Waals surface area (Å²) in [7, 11) is 0. The molecule has 0 aliphatic carbocycles. The van der Waals surface area contributed by atoms with Gasteiger partial charge in [-0.15, -0.1) is 11.8 Å². The summed E-state index contributed by atoms with van der Waals surface area (Å²) in [5, 5.41) is 0. The summed E-state index contributed by atoms with van der Waals surface area (Å²) >= 11 is 1.66. The van der Waals surface area contributed by atoms with E-state index in [9.17, 15) is 9.18 Å². The maximum Gasteiger partial charge on any atom is 0.165 e. The first-order valence-corrected chi connectivity index (χ1v) is 8.20. The average Bonchev–Trinajstić information content (AvgIpc) is 2.53. The van der Waals surface area contributed by atoms with Crippen LogP contribution in [-0.4, -0.2) is 18.1 Å². The van der Waals surface area contributed by atoms with E-state index in [1.807, 2.05) is 38.1 Å². The van der Waals surface area contributed by atoms with Gasteiger partial charge in [-0.1, -0.05) is 26.0 Å². The summed E-state index contributed by atoms with van der Waals surface area (Å²) in [6.45, 7) is 4.35. The first kappa shape index (κ1) is 16.6. The predicted molar refractivity (Wildman–Crippen MR) is 88.2 cm³/mol. The molecular formula is C18H19FO2S. The van der Waals surface area contributed by atoms with E-state index in [0.29, 0.717) is 12.4 Å². The molecule has 2 aromatic rings. The Morgan fingerprint density at radius 1 is 1.09 bits per heavy atom. The molecule has 0 bridgehead atoms. The molecule has 0 fully saturated rings. The zero-order valence-electron chi connectivity index (χ0n) is 12.7. The van der Waals surface area contributed by atoms with Gasteiger partial charge in [0.05, 0.1) is 6.61 Å². The largest absolute Gasteiger partial charge is 0.493 e. The van der Waals surface area contributed by atoms with Crippen LogP contribution in [0.15, 0.2) is 53.4 Å². The zero-order chi connectivity index (χ0) is 15.9. The lowest BCUT2D eigenvalue weighted by atomic mass is 10.0. The molecule has 0 unspecified atom stereocenters.